The molecule has 88 valence electrons. The molecule has 0 unspecified atom stereocenters. The van der Waals surface area contributed by atoms with Gasteiger partial charge in [-0.3, -0.25) is 0 Å². The summed E-state index contributed by atoms with van der Waals surface area (Å²) in [5.74, 6) is -2.26. The molecule has 0 bridgehead atoms. The summed E-state index contributed by atoms with van der Waals surface area (Å²) < 4.78 is 16.2. The topological polar surface area (TPSA) is 88.4 Å². The quantitative estimate of drug-likeness (QED) is 0.529. The van der Waals surface area contributed by atoms with Crippen LogP contribution in [0.25, 0.3) is 0 Å². The van der Waals surface area contributed by atoms with E-state index in [-0.39, 0.29) is 6.61 Å². The molecule has 2 heterocycles. The molecule has 6 heteroatoms. The molecule has 2 aliphatic heterocycles. The van der Waals surface area contributed by atoms with Crippen molar-refractivity contribution in [1.29, 1.82) is 0 Å². The number of aliphatic hydroxyl groups excluding tert-OH is 3. The maximum Gasteiger partial charge on any atom is 0.224 e. The smallest absolute Gasteiger partial charge is 0.224 e. The lowest BCUT2D eigenvalue weighted by atomic mass is 10.1. The Hall–Kier alpha value is -0.240. The van der Waals surface area contributed by atoms with Crippen LogP contribution in [0, 0.1) is 0 Å². The summed E-state index contributed by atoms with van der Waals surface area (Å²) in [6, 6.07) is 0. The van der Waals surface area contributed by atoms with Gasteiger partial charge in [0.05, 0.1) is 6.61 Å². The number of hydrogen-bond donors (Lipinski definition) is 3. The molecule has 2 fully saturated rings. The molecule has 0 aliphatic carbocycles. The van der Waals surface area contributed by atoms with Gasteiger partial charge in [-0.15, -0.1) is 0 Å². The van der Waals surface area contributed by atoms with Crippen molar-refractivity contribution in [1.82, 2.24) is 0 Å². The van der Waals surface area contributed by atoms with Crippen molar-refractivity contribution in [3.05, 3.63) is 0 Å². The zero-order valence-electron chi connectivity index (χ0n) is 8.71. The third-order valence-corrected chi connectivity index (χ3v) is 2.71. The van der Waals surface area contributed by atoms with Gasteiger partial charge in [-0.05, 0) is 13.8 Å². The Balaban J connectivity index is 2.24. The van der Waals surface area contributed by atoms with Crippen molar-refractivity contribution < 1.29 is 29.5 Å². The first kappa shape index (κ1) is 11.3. The van der Waals surface area contributed by atoms with Gasteiger partial charge in [-0.25, -0.2) is 0 Å². The Bertz CT molecular complexity index is 255. The summed E-state index contributed by atoms with van der Waals surface area (Å²) in [6.45, 7) is 2.58. The summed E-state index contributed by atoms with van der Waals surface area (Å²) in [5.41, 5.74) is 0. The van der Waals surface area contributed by atoms with E-state index in [0.29, 0.717) is 0 Å². The lowest BCUT2D eigenvalue weighted by Gasteiger charge is -2.26. The fraction of sp³-hybridized carbons (Fsp3) is 1.00. The number of rotatable bonds is 2. The van der Waals surface area contributed by atoms with Gasteiger partial charge in [-0.2, -0.15) is 0 Å². The van der Waals surface area contributed by atoms with Crippen LogP contribution >= 0.6 is 0 Å². The Morgan fingerprint density at radius 1 is 1.20 bits per heavy atom. The van der Waals surface area contributed by atoms with Gasteiger partial charge < -0.3 is 29.5 Å². The van der Waals surface area contributed by atoms with E-state index < -0.39 is 36.5 Å². The van der Waals surface area contributed by atoms with Crippen LogP contribution in [0.5, 0.6) is 0 Å². The molecule has 6 nitrogen and oxygen atoms in total. The lowest BCUT2D eigenvalue weighted by molar-refractivity contribution is -0.276. The van der Waals surface area contributed by atoms with Gasteiger partial charge in [0.1, 0.15) is 24.9 Å². The number of hydrogen-bond acceptors (Lipinski definition) is 6. The Labute approximate surface area is 87.4 Å². The summed E-state index contributed by atoms with van der Waals surface area (Å²) in [7, 11) is 0. The average molecular weight is 220 g/mol. The third kappa shape index (κ3) is 1.57. The van der Waals surface area contributed by atoms with Gasteiger partial charge in [0.25, 0.3) is 0 Å². The van der Waals surface area contributed by atoms with Crippen LogP contribution in [0.2, 0.25) is 0 Å². The van der Waals surface area contributed by atoms with Gasteiger partial charge >= 0.3 is 0 Å². The third-order valence-electron chi connectivity index (χ3n) is 2.71. The summed E-state index contributed by atoms with van der Waals surface area (Å²) in [4.78, 5) is 0. The van der Waals surface area contributed by atoms with E-state index in [2.05, 4.69) is 0 Å². The molecular formula is C9H16O6. The molecule has 4 atom stereocenters. The summed E-state index contributed by atoms with van der Waals surface area (Å²) in [5, 5.41) is 28.0. The fourth-order valence-corrected chi connectivity index (χ4v) is 2.14. The minimum atomic E-state index is -1.35. The van der Waals surface area contributed by atoms with E-state index in [9.17, 15) is 10.2 Å². The first-order chi connectivity index (χ1) is 6.94. The predicted molar refractivity (Wildman–Crippen MR) is 47.8 cm³/mol. The van der Waals surface area contributed by atoms with E-state index in [1.165, 1.54) is 0 Å². The van der Waals surface area contributed by atoms with E-state index in [1.54, 1.807) is 13.8 Å². The van der Waals surface area contributed by atoms with E-state index in [4.69, 9.17) is 19.3 Å². The second kappa shape index (κ2) is 3.38. The summed E-state index contributed by atoms with van der Waals surface area (Å²) >= 11 is 0. The molecule has 0 aromatic heterocycles. The molecule has 0 radical (unpaired) electrons. The highest BCUT2D eigenvalue weighted by atomic mass is 16.9. The Morgan fingerprint density at radius 3 is 2.33 bits per heavy atom. The molecular weight excluding hydrogens is 204 g/mol. The van der Waals surface area contributed by atoms with Crippen molar-refractivity contribution in [2.75, 3.05) is 13.2 Å². The first-order valence-corrected chi connectivity index (χ1v) is 4.90. The molecule has 2 saturated heterocycles. The summed E-state index contributed by atoms with van der Waals surface area (Å²) in [6.07, 6.45) is -2.54. The monoisotopic (exact) mass is 220 g/mol. The van der Waals surface area contributed by atoms with Crippen LogP contribution in [-0.2, 0) is 14.2 Å². The molecule has 15 heavy (non-hydrogen) atoms. The van der Waals surface area contributed by atoms with Crippen LogP contribution < -0.4 is 0 Å². The van der Waals surface area contributed by atoms with Crippen molar-refractivity contribution in [2.45, 2.75) is 43.7 Å². The first-order valence-electron chi connectivity index (χ1n) is 4.90. The molecule has 0 aromatic rings. The molecule has 0 saturated carbocycles. The molecule has 0 amide bonds. The zero-order chi connectivity index (χ0) is 11.3. The molecule has 2 rings (SSSR count). The van der Waals surface area contributed by atoms with Crippen LogP contribution in [0.4, 0.5) is 0 Å². The van der Waals surface area contributed by atoms with E-state index in [0.717, 1.165) is 0 Å². The van der Waals surface area contributed by atoms with Crippen LogP contribution in [0.1, 0.15) is 13.8 Å². The number of ether oxygens (including phenoxy) is 3. The maximum atomic E-state index is 9.79. The Morgan fingerprint density at radius 2 is 1.87 bits per heavy atom. The van der Waals surface area contributed by atoms with Gasteiger partial charge in [0.15, 0.2) is 5.79 Å². The molecule has 0 spiro atoms. The largest absolute Gasteiger partial charge is 0.394 e. The number of aliphatic hydroxyl groups is 3. The molecule has 0 aromatic carbocycles. The zero-order valence-corrected chi connectivity index (χ0v) is 8.71. The second-order valence-electron chi connectivity index (χ2n) is 4.34. The van der Waals surface area contributed by atoms with Crippen molar-refractivity contribution >= 4 is 0 Å². The van der Waals surface area contributed by atoms with Crippen molar-refractivity contribution in [2.24, 2.45) is 0 Å². The van der Waals surface area contributed by atoms with Gasteiger partial charge in [0, 0.05) is 0 Å². The van der Waals surface area contributed by atoms with E-state index in [1.807, 2.05) is 0 Å². The molecule has 2 aliphatic rings. The highest BCUT2D eigenvalue weighted by Gasteiger charge is 2.64. The lowest BCUT2D eigenvalue weighted by Crippen LogP contribution is -2.43. The molecule has 3 N–H and O–H groups in total. The normalized spacial score (nSPS) is 48.2. The van der Waals surface area contributed by atoms with Crippen molar-refractivity contribution in [3.8, 4) is 0 Å². The Kier molecular flexibility index (Phi) is 2.53. The van der Waals surface area contributed by atoms with E-state index >= 15 is 0 Å². The minimum Gasteiger partial charge on any atom is -0.394 e. The van der Waals surface area contributed by atoms with Crippen LogP contribution in [0.3, 0.4) is 0 Å². The highest BCUT2D eigenvalue weighted by Crippen LogP contribution is 2.44. The standard InChI is InChI=1S/C9H16O6/c1-8(2)14-7-6(12)5(3-10)13-9(7,4-11)15-8/h5-7,10-12H,3-4H2,1-2H3/t5-,6+,7-,9-/m1/s1. The second-order valence-corrected chi connectivity index (χ2v) is 4.34. The van der Waals surface area contributed by atoms with Crippen molar-refractivity contribution in [3.63, 3.8) is 0 Å². The van der Waals surface area contributed by atoms with Gasteiger partial charge in [0.2, 0.25) is 5.79 Å². The van der Waals surface area contributed by atoms with Crippen LogP contribution in [0.15, 0.2) is 0 Å². The van der Waals surface area contributed by atoms with Crippen LogP contribution in [-0.4, -0.2) is 58.4 Å². The average Bonchev–Trinajstić information content (AvgIpc) is 2.58. The highest BCUT2D eigenvalue weighted by molar-refractivity contribution is 5.02. The van der Waals surface area contributed by atoms with Gasteiger partial charge in [-0.1, -0.05) is 0 Å². The fourth-order valence-electron chi connectivity index (χ4n) is 2.14. The maximum absolute atomic E-state index is 9.79. The SMILES string of the molecule is CC1(C)O[C@@H]2[C@@H](O)[C@@H](CO)O[C@]2(CO)O1. The minimum absolute atomic E-state index is 0.341. The predicted octanol–water partition coefficient (Wildman–Crippen LogP) is -1.42. The number of fused-ring (bicyclic) bond motifs is 1.